The molecule has 1 aliphatic heterocycles. The van der Waals surface area contributed by atoms with Crippen molar-refractivity contribution in [3.05, 3.63) is 12.2 Å². The van der Waals surface area contributed by atoms with Gasteiger partial charge in [0.1, 0.15) is 0 Å². The summed E-state index contributed by atoms with van der Waals surface area (Å²) in [6.07, 6.45) is 10.5. The first-order valence-electron chi connectivity index (χ1n) is 10.8. The van der Waals surface area contributed by atoms with Crippen molar-refractivity contribution in [1.29, 1.82) is 0 Å². The molecule has 0 spiro atoms. The second-order valence-electron chi connectivity index (χ2n) is 8.67. The highest BCUT2D eigenvalue weighted by atomic mass is 16.2. The van der Waals surface area contributed by atoms with Crippen LogP contribution in [0, 0.1) is 23.7 Å². The lowest BCUT2D eigenvalue weighted by atomic mass is 9.85. The molecule has 2 amide bonds. The second-order valence-corrected chi connectivity index (χ2v) is 8.67. The SMILES string of the molecule is CN=C(NCCN1C(=O)C2C3C=CC(C3)C2C1=O)NCCN(C)C1CCCC1. The summed E-state index contributed by atoms with van der Waals surface area (Å²) in [5.74, 6) is 1.11. The molecule has 154 valence electrons. The van der Waals surface area contributed by atoms with Gasteiger partial charge in [-0.15, -0.1) is 0 Å². The van der Waals surface area contributed by atoms with E-state index in [0.29, 0.717) is 19.1 Å². The van der Waals surface area contributed by atoms with Crippen molar-refractivity contribution in [2.45, 2.75) is 38.1 Å². The van der Waals surface area contributed by atoms with Gasteiger partial charge in [0.05, 0.1) is 11.8 Å². The van der Waals surface area contributed by atoms with Gasteiger partial charge in [-0.3, -0.25) is 19.5 Å². The van der Waals surface area contributed by atoms with E-state index in [4.69, 9.17) is 0 Å². The van der Waals surface area contributed by atoms with E-state index in [1.165, 1.54) is 30.6 Å². The number of likely N-dealkylation sites (N-methyl/N-ethyl adjacent to an activating group) is 1. The van der Waals surface area contributed by atoms with Crippen LogP contribution >= 0.6 is 0 Å². The Kier molecular flexibility index (Phi) is 5.71. The molecule has 2 bridgehead atoms. The van der Waals surface area contributed by atoms with Crippen LogP contribution in [0.2, 0.25) is 0 Å². The molecule has 3 fully saturated rings. The number of allylic oxidation sites excluding steroid dienone is 2. The smallest absolute Gasteiger partial charge is 0.233 e. The molecule has 28 heavy (non-hydrogen) atoms. The number of fused-ring (bicyclic) bond motifs is 5. The monoisotopic (exact) mass is 387 g/mol. The molecule has 4 unspecified atom stereocenters. The highest BCUT2D eigenvalue weighted by molar-refractivity contribution is 6.06. The Hall–Kier alpha value is -1.89. The summed E-state index contributed by atoms with van der Waals surface area (Å²) in [6.45, 7) is 2.74. The van der Waals surface area contributed by atoms with Crippen LogP contribution in [0.1, 0.15) is 32.1 Å². The Morgan fingerprint density at radius 2 is 1.71 bits per heavy atom. The minimum atomic E-state index is -0.105. The first-order chi connectivity index (χ1) is 13.6. The fourth-order valence-corrected chi connectivity index (χ4v) is 5.57. The van der Waals surface area contributed by atoms with Crippen molar-refractivity contribution >= 4 is 17.8 Å². The van der Waals surface area contributed by atoms with Crippen molar-refractivity contribution in [2.24, 2.45) is 28.7 Å². The normalized spacial score (nSPS) is 32.1. The molecule has 4 rings (SSSR count). The van der Waals surface area contributed by atoms with Crippen molar-refractivity contribution in [3.8, 4) is 0 Å². The van der Waals surface area contributed by atoms with E-state index in [-0.39, 0.29) is 35.5 Å². The Balaban J connectivity index is 1.19. The average molecular weight is 388 g/mol. The number of nitrogens with one attached hydrogen (secondary N) is 2. The van der Waals surface area contributed by atoms with Gasteiger partial charge >= 0.3 is 0 Å². The van der Waals surface area contributed by atoms with E-state index < -0.39 is 0 Å². The summed E-state index contributed by atoms with van der Waals surface area (Å²) < 4.78 is 0. The van der Waals surface area contributed by atoms with Gasteiger partial charge in [-0.25, -0.2) is 0 Å². The maximum Gasteiger partial charge on any atom is 0.233 e. The van der Waals surface area contributed by atoms with Crippen LogP contribution in [0.5, 0.6) is 0 Å². The minimum Gasteiger partial charge on any atom is -0.355 e. The first-order valence-corrected chi connectivity index (χ1v) is 10.8. The molecule has 4 atom stereocenters. The summed E-state index contributed by atoms with van der Waals surface area (Å²) in [6, 6.07) is 0.716. The zero-order chi connectivity index (χ0) is 19.7. The van der Waals surface area contributed by atoms with Crippen LogP contribution in [0.15, 0.2) is 17.1 Å². The van der Waals surface area contributed by atoms with Crippen molar-refractivity contribution in [2.75, 3.05) is 40.3 Å². The van der Waals surface area contributed by atoms with Crippen molar-refractivity contribution in [1.82, 2.24) is 20.4 Å². The molecule has 7 heteroatoms. The number of aliphatic imine (C=N–C) groups is 1. The van der Waals surface area contributed by atoms with Crippen molar-refractivity contribution in [3.63, 3.8) is 0 Å². The second kappa shape index (κ2) is 8.23. The average Bonchev–Trinajstić information content (AvgIpc) is 3.47. The molecule has 2 N–H and O–H groups in total. The van der Waals surface area contributed by atoms with Gasteiger partial charge in [-0.1, -0.05) is 25.0 Å². The van der Waals surface area contributed by atoms with Crippen LogP contribution in [0.25, 0.3) is 0 Å². The largest absolute Gasteiger partial charge is 0.355 e. The Labute approximate surface area is 167 Å². The van der Waals surface area contributed by atoms with Crippen molar-refractivity contribution < 1.29 is 9.59 Å². The molecule has 0 radical (unpaired) electrons. The fourth-order valence-electron chi connectivity index (χ4n) is 5.57. The van der Waals surface area contributed by atoms with Crippen LogP contribution < -0.4 is 10.6 Å². The number of amides is 2. The zero-order valence-electron chi connectivity index (χ0n) is 17.1. The molecule has 1 heterocycles. The maximum atomic E-state index is 12.7. The number of rotatable bonds is 7. The molecule has 0 aromatic heterocycles. The molecule has 0 aromatic carbocycles. The Morgan fingerprint density at radius 3 is 2.32 bits per heavy atom. The Bertz CT molecular complexity index is 640. The van der Waals surface area contributed by atoms with E-state index in [9.17, 15) is 9.59 Å². The number of carbonyl (C=O) groups excluding carboxylic acids is 2. The maximum absolute atomic E-state index is 12.7. The third-order valence-electron chi connectivity index (χ3n) is 7.12. The summed E-state index contributed by atoms with van der Waals surface area (Å²) in [5.41, 5.74) is 0. The third kappa shape index (κ3) is 3.56. The molecule has 3 aliphatic carbocycles. The molecule has 4 aliphatic rings. The predicted molar refractivity (Wildman–Crippen MR) is 109 cm³/mol. The first kappa shape index (κ1) is 19.4. The lowest BCUT2D eigenvalue weighted by Crippen LogP contribution is -2.45. The standard InChI is InChI=1S/C21H33N5O2/c1-22-21(23-9-11-25(2)16-5-3-4-6-16)24-10-12-26-19(27)17-14-7-8-15(13-14)18(17)20(26)28/h7-8,14-18H,3-6,9-13H2,1-2H3,(H2,22,23,24). The minimum absolute atomic E-state index is 0.0229. The number of imide groups is 1. The van der Waals surface area contributed by atoms with Crippen LogP contribution in [-0.4, -0.2) is 73.9 Å². The number of hydrogen-bond donors (Lipinski definition) is 2. The van der Waals surface area contributed by atoms with Gasteiger partial charge in [0, 0.05) is 39.3 Å². The molecular weight excluding hydrogens is 354 g/mol. The van der Waals surface area contributed by atoms with E-state index >= 15 is 0 Å². The number of nitrogens with zero attached hydrogens (tertiary/aromatic N) is 3. The van der Waals surface area contributed by atoms with Gasteiger partial charge < -0.3 is 15.5 Å². The highest BCUT2D eigenvalue weighted by Gasteiger charge is 2.58. The van der Waals surface area contributed by atoms with Crippen LogP contribution in [-0.2, 0) is 9.59 Å². The molecule has 2 saturated carbocycles. The van der Waals surface area contributed by atoms with Crippen LogP contribution in [0.3, 0.4) is 0 Å². The highest BCUT2D eigenvalue weighted by Crippen LogP contribution is 2.52. The van der Waals surface area contributed by atoms with Gasteiger partial charge in [-0.2, -0.15) is 0 Å². The quantitative estimate of drug-likeness (QED) is 0.293. The Morgan fingerprint density at radius 1 is 1.11 bits per heavy atom. The van der Waals surface area contributed by atoms with Gasteiger partial charge in [-0.05, 0) is 38.1 Å². The van der Waals surface area contributed by atoms with E-state index in [2.05, 4.69) is 39.7 Å². The van der Waals surface area contributed by atoms with Gasteiger partial charge in [0.25, 0.3) is 0 Å². The molecule has 7 nitrogen and oxygen atoms in total. The number of carbonyl (C=O) groups is 2. The van der Waals surface area contributed by atoms with Gasteiger partial charge in [0.15, 0.2) is 5.96 Å². The van der Waals surface area contributed by atoms with Gasteiger partial charge in [0.2, 0.25) is 11.8 Å². The zero-order valence-corrected chi connectivity index (χ0v) is 17.1. The molecule has 1 saturated heterocycles. The number of likely N-dealkylation sites (tertiary alicyclic amines) is 1. The lowest BCUT2D eigenvalue weighted by molar-refractivity contribution is -0.140. The molecule has 0 aromatic rings. The number of guanidine groups is 1. The van der Waals surface area contributed by atoms with E-state index in [1.54, 1.807) is 7.05 Å². The third-order valence-corrected chi connectivity index (χ3v) is 7.12. The fraction of sp³-hybridized carbons (Fsp3) is 0.762. The predicted octanol–water partition coefficient (Wildman–Crippen LogP) is 0.833. The van der Waals surface area contributed by atoms with Crippen LogP contribution in [0.4, 0.5) is 0 Å². The summed E-state index contributed by atoms with van der Waals surface area (Å²) in [5, 5.41) is 6.58. The number of hydrogen-bond acceptors (Lipinski definition) is 4. The summed E-state index contributed by atoms with van der Waals surface area (Å²) in [7, 11) is 3.94. The van der Waals surface area contributed by atoms with E-state index in [1.807, 2.05) is 0 Å². The molecular formula is C21H33N5O2. The lowest BCUT2D eigenvalue weighted by Gasteiger charge is -2.24. The topological polar surface area (TPSA) is 77.0 Å². The summed E-state index contributed by atoms with van der Waals surface area (Å²) >= 11 is 0. The van der Waals surface area contributed by atoms with E-state index in [0.717, 1.165) is 25.5 Å². The summed E-state index contributed by atoms with van der Waals surface area (Å²) in [4.78, 5) is 33.5.